The molecule has 0 bridgehead atoms. The lowest BCUT2D eigenvalue weighted by atomic mass is 10.0. The van der Waals surface area contributed by atoms with E-state index >= 15 is 0 Å². The number of nitrogens with zero attached hydrogens (tertiary/aromatic N) is 5. The average molecular weight is 510 g/mol. The van der Waals surface area contributed by atoms with Crippen LogP contribution in [0.5, 0.6) is 5.88 Å². The van der Waals surface area contributed by atoms with Crippen molar-refractivity contribution in [2.24, 2.45) is 0 Å². The van der Waals surface area contributed by atoms with Gasteiger partial charge in [0, 0.05) is 31.2 Å². The van der Waals surface area contributed by atoms with E-state index in [1.54, 1.807) is 35.4 Å². The van der Waals surface area contributed by atoms with E-state index in [0.717, 1.165) is 5.56 Å². The molecule has 1 aromatic carbocycles. The Balaban J connectivity index is 1.33. The smallest absolute Gasteiger partial charge is 0.289 e. The van der Waals surface area contributed by atoms with E-state index in [2.05, 4.69) is 15.0 Å². The van der Waals surface area contributed by atoms with Crippen molar-refractivity contribution >= 4 is 33.8 Å². The quantitative estimate of drug-likeness (QED) is 0.371. The van der Waals surface area contributed by atoms with Crippen LogP contribution >= 0.6 is 22.9 Å². The molecule has 178 valence electrons. The second kappa shape index (κ2) is 8.88. The van der Waals surface area contributed by atoms with Gasteiger partial charge in [-0.15, -0.1) is 5.10 Å². The SMILES string of the molecule is O=C(c1ccco1)N1CCN([C@H](c2ccccc2Cl)c2sc3nc(-c4ccco4)nn3c2O)CC1. The molecule has 1 atom stereocenters. The summed E-state index contributed by atoms with van der Waals surface area (Å²) in [5.41, 5.74) is 0.867. The van der Waals surface area contributed by atoms with Gasteiger partial charge in [0.15, 0.2) is 11.5 Å². The Hall–Kier alpha value is -3.60. The van der Waals surface area contributed by atoms with Gasteiger partial charge in [0.25, 0.3) is 5.91 Å². The highest BCUT2D eigenvalue weighted by molar-refractivity contribution is 7.17. The largest absolute Gasteiger partial charge is 0.492 e. The number of furan rings is 2. The number of thiazole rings is 1. The Morgan fingerprint density at radius 1 is 1.03 bits per heavy atom. The van der Waals surface area contributed by atoms with E-state index in [1.165, 1.54) is 22.1 Å². The van der Waals surface area contributed by atoms with Gasteiger partial charge < -0.3 is 18.8 Å². The van der Waals surface area contributed by atoms with Gasteiger partial charge in [-0.3, -0.25) is 9.69 Å². The summed E-state index contributed by atoms with van der Waals surface area (Å²) in [6.07, 6.45) is 3.05. The summed E-state index contributed by atoms with van der Waals surface area (Å²) < 4.78 is 12.1. The maximum absolute atomic E-state index is 12.7. The Morgan fingerprint density at radius 3 is 2.49 bits per heavy atom. The second-order valence-electron chi connectivity index (χ2n) is 8.13. The fraction of sp³-hybridized carbons (Fsp3) is 0.208. The van der Waals surface area contributed by atoms with Gasteiger partial charge in [-0.05, 0) is 35.9 Å². The molecule has 0 aliphatic carbocycles. The van der Waals surface area contributed by atoms with Gasteiger partial charge in [0.1, 0.15) is 0 Å². The van der Waals surface area contributed by atoms with Crippen molar-refractivity contribution in [2.45, 2.75) is 6.04 Å². The Labute approximate surface area is 208 Å². The van der Waals surface area contributed by atoms with Crippen molar-refractivity contribution < 1.29 is 18.7 Å². The molecule has 5 aromatic rings. The molecule has 0 unspecified atom stereocenters. The van der Waals surface area contributed by atoms with Gasteiger partial charge in [-0.1, -0.05) is 41.1 Å². The maximum Gasteiger partial charge on any atom is 0.289 e. The number of piperazine rings is 1. The van der Waals surface area contributed by atoms with Crippen LogP contribution in [0.3, 0.4) is 0 Å². The number of carbonyl (C=O) groups is 1. The summed E-state index contributed by atoms with van der Waals surface area (Å²) >= 11 is 7.98. The molecule has 1 fully saturated rings. The molecule has 1 aliphatic rings. The number of rotatable bonds is 5. The molecule has 1 aliphatic heterocycles. The topological polar surface area (TPSA) is 100 Å². The lowest BCUT2D eigenvalue weighted by molar-refractivity contribution is 0.0568. The van der Waals surface area contributed by atoms with Crippen LogP contribution < -0.4 is 0 Å². The highest BCUT2D eigenvalue weighted by Crippen LogP contribution is 2.42. The molecule has 0 spiro atoms. The summed E-state index contributed by atoms with van der Waals surface area (Å²) in [5, 5.41) is 16.3. The number of halogens is 1. The Kier molecular flexibility index (Phi) is 5.56. The number of amides is 1. The average Bonchev–Trinajstić information content (AvgIpc) is 3.68. The normalized spacial score (nSPS) is 15.6. The first-order valence-corrected chi connectivity index (χ1v) is 12.2. The number of carbonyl (C=O) groups excluding carboxylic acids is 1. The first kappa shape index (κ1) is 21.9. The van der Waals surface area contributed by atoms with Crippen LogP contribution in [0.4, 0.5) is 0 Å². The van der Waals surface area contributed by atoms with Gasteiger partial charge >= 0.3 is 0 Å². The van der Waals surface area contributed by atoms with E-state index in [1.807, 2.05) is 24.3 Å². The van der Waals surface area contributed by atoms with Crippen LogP contribution in [0.25, 0.3) is 16.5 Å². The zero-order chi connectivity index (χ0) is 23.9. The van der Waals surface area contributed by atoms with E-state index in [-0.39, 0.29) is 17.8 Å². The molecule has 5 heterocycles. The molecule has 9 nitrogen and oxygen atoms in total. The Bertz CT molecular complexity index is 1470. The molecule has 35 heavy (non-hydrogen) atoms. The number of hydrogen-bond acceptors (Lipinski definition) is 8. The fourth-order valence-corrected chi connectivity index (χ4v) is 5.73. The zero-order valence-corrected chi connectivity index (χ0v) is 19.9. The van der Waals surface area contributed by atoms with Gasteiger partial charge in [0.05, 0.1) is 23.4 Å². The lowest BCUT2D eigenvalue weighted by Crippen LogP contribution is -2.49. The minimum absolute atomic E-state index is 0.00863. The van der Waals surface area contributed by atoms with Crippen LogP contribution in [0.1, 0.15) is 27.0 Å². The van der Waals surface area contributed by atoms with E-state index in [4.69, 9.17) is 20.4 Å². The third-order valence-electron chi connectivity index (χ3n) is 6.09. The first-order chi connectivity index (χ1) is 17.1. The Morgan fingerprint density at radius 2 is 1.80 bits per heavy atom. The van der Waals surface area contributed by atoms with Crippen LogP contribution in [-0.4, -0.2) is 61.6 Å². The van der Waals surface area contributed by atoms with Gasteiger partial charge in [-0.2, -0.15) is 9.50 Å². The molecule has 0 saturated carbocycles. The first-order valence-electron chi connectivity index (χ1n) is 11.0. The fourth-order valence-electron chi connectivity index (χ4n) is 4.38. The number of aromatic nitrogens is 3. The van der Waals surface area contributed by atoms with Crippen molar-refractivity contribution in [3.8, 4) is 17.5 Å². The minimum atomic E-state index is -0.329. The summed E-state index contributed by atoms with van der Waals surface area (Å²) in [6.45, 7) is 2.22. The van der Waals surface area contributed by atoms with Crippen molar-refractivity contribution in [3.05, 3.63) is 82.3 Å². The summed E-state index contributed by atoms with van der Waals surface area (Å²) in [7, 11) is 0. The highest BCUT2D eigenvalue weighted by atomic mass is 35.5. The van der Waals surface area contributed by atoms with Gasteiger partial charge in [0.2, 0.25) is 16.7 Å². The molecule has 1 amide bonds. The highest BCUT2D eigenvalue weighted by Gasteiger charge is 2.34. The zero-order valence-electron chi connectivity index (χ0n) is 18.4. The third-order valence-corrected chi connectivity index (χ3v) is 7.50. The van der Waals surface area contributed by atoms with Crippen molar-refractivity contribution in [1.29, 1.82) is 0 Å². The van der Waals surface area contributed by atoms with Crippen LogP contribution in [-0.2, 0) is 0 Å². The predicted molar refractivity (Wildman–Crippen MR) is 130 cm³/mol. The van der Waals surface area contributed by atoms with E-state index < -0.39 is 0 Å². The molecule has 4 aromatic heterocycles. The standard InChI is InChI=1S/C24H20ClN5O4S/c25-16-6-2-1-5-15(16)19(28-9-11-29(12-10-28)22(31)18-8-4-14-34-18)20-23(32)30-24(35-20)26-21(27-30)17-7-3-13-33-17/h1-8,13-14,19,32H,9-12H2/t19-/m1/s1. The number of fused-ring (bicyclic) bond motifs is 1. The van der Waals surface area contributed by atoms with E-state index in [9.17, 15) is 9.90 Å². The molecule has 6 rings (SSSR count). The lowest BCUT2D eigenvalue weighted by Gasteiger charge is -2.39. The summed E-state index contributed by atoms with van der Waals surface area (Å²) in [6, 6.07) is 14.2. The molecule has 1 N–H and O–H groups in total. The third kappa shape index (κ3) is 3.89. The van der Waals surface area contributed by atoms with Crippen molar-refractivity contribution in [2.75, 3.05) is 26.2 Å². The van der Waals surface area contributed by atoms with Crippen molar-refractivity contribution in [3.63, 3.8) is 0 Å². The molecular formula is C24H20ClN5O4S. The number of aromatic hydroxyl groups is 1. The van der Waals surface area contributed by atoms with Gasteiger partial charge in [-0.25, -0.2) is 0 Å². The number of hydrogen-bond donors (Lipinski definition) is 1. The monoisotopic (exact) mass is 509 g/mol. The van der Waals surface area contributed by atoms with Crippen molar-refractivity contribution in [1.82, 2.24) is 24.4 Å². The molecule has 11 heteroatoms. The number of benzene rings is 1. The van der Waals surface area contributed by atoms with Crippen LogP contribution in [0.2, 0.25) is 5.02 Å². The predicted octanol–water partition coefficient (Wildman–Crippen LogP) is 4.55. The van der Waals surface area contributed by atoms with Crippen LogP contribution in [0, 0.1) is 0 Å². The van der Waals surface area contributed by atoms with Crippen LogP contribution in [0.15, 0.2) is 69.9 Å². The second-order valence-corrected chi connectivity index (χ2v) is 9.54. The molecule has 0 radical (unpaired) electrons. The summed E-state index contributed by atoms with van der Waals surface area (Å²) in [5.74, 6) is 1.14. The van der Waals surface area contributed by atoms with E-state index in [0.29, 0.717) is 58.4 Å². The maximum atomic E-state index is 12.7. The summed E-state index contributed by atoms with van der Waals surface area (Å²) in [4.78, 5) is 22.5. The molecule has 1 saturated heterocycles. The molecular weight excluding hydrogens is 490 g/mol. The minimum Gasteiger partial charge on any atom is -0.492 e.